The molecule has 0 aliphatic heterocycles. The van der Waals surface area contributed by atoms with Gasteiger partial charge in [0.2, 0.25) is 0 Å². The first-order chi connectivity index (χ1) is 10.1. The van der Waals surface area contributed by atoms with Crippen LogP contribution in [-0.4, -0.2) is 32.5 Å². The van der Waals surface area contributed by atoms with Crippen molar-refractivity contribution in [1.29, 1.82) is 0 Å². The SMILES string of the molecule is O=C(O)c1cc(NCCc2ccccn2)ncc1[N+](=O)[O-]. The lowest BCUT2D eigenvalue weighted by Gasteiger charge is -2.06. The third-order valence-electron chi connectivity index (χ3n) is 2.72. The Morgan fingerprint density at radius 2 is 2.19 bits per heavy atom. The van der Waals surface area contributed by atoms with Crippen molar-refractivity contribution in [3.63, 3.8) is 0 Å². The van der Waals surface area contributed by atoms with Gasteiger partial charge in [0.15, 0.2) is 0 Å². The fourth-order valence-corrected chi connectivity index (χ4v) is 1.73. The summed E-state index contributed by atoms with van der Waals surface area (Å²) in [4.78, 5) is 28.9. The second-order valence-corrected chi connectivity index (χ2v) is 4.15. The van der Waals surface area contributed by atoms with Gasteiger partial charge in [-0.25, -0.2) is 9.78 Å². The highest BCUT2D eigenvalue weighted by Gasteiger charge is 2.20. The number of aromatic nitrogens is 2. The first kappa shape index (κ1) is 14.4. The smallest absolute Gasteiger partial charge is 0.342 e. The summed E-state index contributed by atoms with van der Waals surface area (Å²) in [5.74, 6) is -1.09. The van der Waals surface area contributed by atoms with E-state index in [2.05, 4.69) is 15.3 Å². The van der Waals surface area contributed by atoms with Gasteiger partial charge in [0.25, 0.3) is 0 Å². The van der Waals surface area contributed by atoms with Gasteiger partial charge in [0.05, 0.1) is 4.92 Å². The summed E-state index contributed by atoms with van der Waals surface area (Å²) >= 11 is 0. The van der Waals surface area contributed by atoms with E-state index in [1.807, 2.05) is 18.2 Å². The number of nitrogens with zero attached hydrogens (tertiary/aromatic N) is 3. The summed E-state index contributed by atoms with van der Waals surface area (Å²) in [5.41, 5.74) is -0.0431. The lowest BCUT2D eigenvalue weighted by atomic mass is 10.2. The summed E-state index contributed by atoms with van der Waals surface area (Å²) in [6.07, 6.45) is 3.25. The summed E-state index contributed by atoms with van der Waals surface area (Å²) in [5, 5.41) is 22.6. The number of carboxylic acids is 1. The molecule has 0 bridgehead atoms. The molecule has 0 radical (unpaired) electrons. The lowest BCUT2D eigenvalue weighted by Crippen LogP contribution is -2.10. The quantitative estimate of drug-likeness (QED) is 0.613. The van der Waals surface area contributed by atoms with Crippen LogP contribution in [0.15, 0.2) is 36.7 Å². The molecule has 0 saturated carbocycles. The van der Waals surface area contributed by atoms with Crippen molar-refractivity contribution < 1.29 is 14.8 Å². The van der Waals surface area contributed by atoms with Gasteiger partial charge in [-0.1, -0.05) is 6.07 Å². The zero-order valence-electron chi connectivity index (χ0n) is 10.9. The molecule has 8 heteroatoms. The van der Waals surface area contributed by atoms with Gasteiger partial charge in [-0.05, 0) is 12.1 Å². The predicted molar refractivity (Wildman–Crippen MR) is 74.3 cm³/mol. The van der Waals surface area contributed by atoms with E-state index < -0.39 is 22.1 Å². The zero-order chi connectivity index (χ0) is 15.2. The number of nitro groups is 1. The number of anilines is 1. The second kappa shape index (κ2) is 6.42. The normalized spacial score (nSPS) is 10.1. The highest BCUT2D eigenvalue weighted by molar-refractivity contribution is 5.93. The Bertz CT molecular complexity index is 660. The maximum absolute atomic E-state index is 11.0. The summed E-state index contributed by atoms with van der Waals surface area (Å²) in [6.45, 7) is 0.487. The Kier molecular flexibility index (Phi) is 4.39. The fourth-order valence-electron chi connectivity index (χ4n) is 1.73. The van der Waals surface area contributed by atoms with Crippen molar-refractivity contribution in [2.24, 2.45) is 0 Å². The molecule has 2 aromatic heterocycles. The molecule has 0 fully saturated rings. The summed E-state index contributed by atoms with van der Waals surface area (Å²) in [7, 11) is 0. The number of aromatic carboxylic acids is 1. The molecule has 0 amide bonds. The Labute approximate surface area is 119 Å². The van der Waals surface area contributed by atoms with Crippen LogP contribution in [0.1, 0.15) is 16.1 Å². The van der Waals surface area contributed by atoms with Crippen molar-refractivity contribution in [2.45, 2.75) is 6.42 Å². The Morgan fingerprint density at radius 3 is 2.81 bits per heavy atom. The van der Waals surface area contributed by atoms with Crippen LogP contribution in [0.2, 0.25) is 0 Å². The summed E-state index contributed by atoms with van der Waals surface area (Å²) < 4.78 is 0. The first-order valence-electron chi connectivity index (χ1n) is 6.09. The monoisotopic (exact) mass is 288 g/mol. The van der Waals surface area contributed by atoms with Crippen LogP contribution in [0.4, 0.5) is 11.5 Å². The van der Waals surface area contributed by atoms with E-state index in [1.165, 1.54) is 0 Å². The standard InChI is InChI=1S/C13H12N4O4/c18-13(19)10-7-12(16-8-11(10)17(20)21)15-6-4-9-3-1-2-5-14-9/h1-3,5,7-8H,4,6H2,(H,15,16)(H,18,19). The lowest BCUT2D eigenvalue weighted by molar-refractivity contribution is -0.385. The number of hydrogen-bond donors (Lipinski definition) is 2. The molecule has 0 atom stereocenters. The molecule has 0 aliphatic rings. The van der Waals surface area contributed by atoms with Gasteiger partial charge in [0, 0.05) is 30.9 Å². The number of carbonyl (C=O) groups is 1. The highest BCUT2D eigenvalue weighted by atomic mass is 16.6. The van der Waals surface area contributed by atoms with Gasteiger partial charge in [0.1, 0.15) is 17.6 Å². The molecule has 0 aliphatic carbocycles. The Hall–Kier alpha value is -3.03. The van der Waals surface area contributed by atoms with Crippen molar-refractivity contribution in [1.82, 2.24) is 9.97 Å². The molecule has 2 heterocycles. The maximum atomic E-state index is 11.0. The third kappa shape index (κ3) is 3.72. The average molecular weight is 288 g/mol. The number of rotatable bonds is 6. The first-order valence-corrected chi connectivity index (χ1v) is 6.09. The van der Waals surface area contributed by atoms with Crippen LogP contribution in [0, 0.1) is 10.1 Å². The van der Waals surface area contributed by atoms with Crippen LogP contribution in [0.5, 0.6) is 0 Å². The van der Waals surface area contributed by atoms with E-state index in [-0.39, 0.29) is 5.82 Å². The van der Waals surface area contributed by atoms with Crippen molar-refractivity contribution in [2.75, 3.05) is 11.9 Å². The number of hydrogen-bond acceptors (Lipinski definition) is 6. The van der Waals surface area contributed by atoms with Crippen molar-refractivity contribution in [3.05, 3.63) is 58.0 Å². The van der Waals surface area contributed by atoms with Gasteiger partial charge in [-0.15, -0.1) is 0 Å². The minimum absolute atomic E-state index is 0.272. The second-order valence-electron chi connectivity index (χ2n) is 4.15. The van der Waals surface area contributed by atoms with Crippen molar-refractivity contribution in [3.8, 4) is 0 Å². The number of carboxylic acid groups (broad SMARTS) is 1. The van der Waals surface area contributed by atoms with Crippen molar-refractivity contribution >= 4 is 17.5 Å². The Morgan fingerprint density at radius 1 is 1.38 bits per heavy atom. The van der Waals surface area contributed by atoms with Gasteiger partial charge in [-0.3, -0.25) is 15.1 Å². The molecule has 0 aromatic carbocycles. The van der Waals surface area contributed by atoms with E-state index in [4.69, 9.17) is 5.11 Å². The predicted octanol–water partition coefficient (Wildman–Crippen LogP) is 1.74. The van der Waals surface area contributed by atoms with E-state index >= 15 is 0 Å². The highest BCUT2D eigenvalue weighted by Crippen LogP contribution is 2.20. The van der Waals surface area contributed by atoms with E-state index in [0.29, 0.717) is 13.0 Å². The van der Waals surface area contributed by atoms with E-state index in [9.17, 15) is 14.9 Å². The topological polar surface area (TPSA) is 118 Å². The maximum Gasteiger partial charge on any atom is 0.342 e. The number of pyridine rings is 2. The average Bonchev–Trinajstić information content (AvgIpc) is 2.48. The van der Waals surface area contributed by atoms with Gasteiger partial charge >= 0.3 is 11.7 Å². The van der Waals surface area contributed by atoms with Crippen LogP contribution < -0.4 is 5.32 Å². The molecule has 2 rings (SSSR count). The molecule has 0 spiro atoms. The van der Waals surface area contributed by atoms with Crippen LogP contribution in [0.3, 0.4) is 0 Å². The molecule has 2 aromatic rings. The van der Waals surface area contributed by atoms with E-state index in [1.54, 1.807) is 6.20 Å². The molecular weight excluding hydrogens is 276 g/mol. The molecule has 108 valence electrons. The molecule has 0 saturated heterocycles. The number of nitrogens with one attached hydrogen (secondary N) is 1. The summed E-state index contributed by atoms with van der Waals surface area (Å²) in [6, 6.07) is 6.70. The minimum atomic E-state index is -1.36. The fraction of sp³-hybridized carbons (Fsp3) is 0.154. The molecule has 8 nitrogen and oxygen atoms in total. The van der Waals surface area contributed by atoms with Crippen LogP contribution in [0.25, 0.3) is 0 Å². The Balaban J connectivity index is 2.05. The zero-order valence-corrected chi connectivity index (χ0v) is 10.9. The van der Waals surface area contributed by atoms with Gasteiger partial charge in [-0.2, -0.15) is 0 Å². The molecule has 21 heavy (non-hydrogen) atoms. The third-order valence-corrected chi connectivity index (χ3v) is 2.72. The van der Waals surface area contributed by atoms with Crippen LogP contribution in [-0.2, 0) is 6.42 Å². The molecule has 0 unspecified atom stereocenters. The largest absolute Gasteiger partial charge is 0.477 e. The van der Waals surface area contributed by atoms with E-state index in [0.717, 1.165) is 18.0 Å². The van der Waals surface area contributed by atoms with Gasteiger partial charge < -0.3 is 10.4 Å². The molecule has 2 N–H and O–H groups in total. The minimum Gasteiger partial charge on any atom is -0.477 e. The molecular formula is C13H12N4O4. The van der Waals surface area contributed by atoms with Crippen LogP contribution >= 0.6 is 0 Å².